The monoisotopic (exact) mass is 223 g/mol. The lowest BCUT2D eigenvalue weighted by Crippen LogP contribution is -2.33. The lowest BCUT2D eigenvalue weighted by atomic mass is 9.67. The molecule has 4 heteroatoms. The lowest BCUT2D eigenvalue weighted by Gasteiger charge is -2.37. The van der Waals surface area contributed by atoms with Gasteiger partial charge in [0.15, 0.2) is 0 Å². The summed E-state index contributed by atoms with van der Waals surface area (Å²) in [6.45, 7) is 7.07. The first-order chi connectivity index (χ1) is 7.38. The van der Waals surface area contributed by atoms with Crippen molar-refractivity contribution in [1.29, 1.82) is 0 Å². The topological polar surface area (TPSA) is 67.5 Å². The number of fused-ring (bicyclic) bond motifs is 2. The van der Waals surface area contributed by atoms with Crippen LogP contribution in [0, 0.1) is 22.7 Å². The van der Waals surface area contributed by atoms with Gasteiger partial charge in [-0.2, -0.15) is 5.10 Å². The molecule has 0 heterocycles. The average Bonchev–Trinajstić information content (AvgIpc) is 2.49. The molecule has 3 atom stereocenters. The predicted molar refractivity (Wildman–Crippen MR) is 63.9 cm³/mol. The van der Waals surface area contributed by atoms with Crippen LogP contribution in [-0.4, -0.2) is 12.2 Å². The summed E-state index contributed by atoms with van der Waals surface area (Å²) in [5.74, 6) is 1.26. The van der Waals surface area contributed by atoms with E-state index in [1.165, 1.54) is 19.3 Å². The Kier molecular flexibility index (Phi) is 2.48. The molecule has 90 valence electrons. The molecule has 2 rings (SSSR count). The van der Waals surface area contributed by atoms with E-state index in [1.807, 2.05) is 6.21 Å². The Morgan fingerprint density at radius 1 is 1.50 bits per heavy atom. The molecule has 0 radical (unpaired) electrons. The van der Waals surface area contributed by atoms with Gasteiger partial charge in [0.05, 0.1) is 0 Å². The molecule has 3 N–H and O–H groups in total. The second-order valence-corrected chi connectivity index (χ2v) is 5.97. The van der Waals surface area contributed by atoms with Gasteiger partial charge in [-0.05, 0) is 36.0 Å². The number of nitrogens with one attached hydrogen (secondary N) is 1. The molecule has 0 unspecified atom stereocenters. The van der Waals surface area contributed by atoms with Crippen molar-refractivity contribution in [2.45, 2.75) is 40.0 Å². The Morgan fingerprint density at radius 2 is 2.19 bits per heavy atom. The highest BCUT2D eigenvalue weighted by Crippen LogP contribution is 2.67. The number of hydrazone groups is 1. The molecule has 2 amide bonds. The molecular formula is C12H21N3O. The second-order valence-electron chi connectivity index (χ2n) is 5.97. The molecule has 0 spiro atoms. The summed E-state index contributed by atoms with van der Waals surface area (Å²) in [5, 5.41) is 3.93. The fraction of sp³-hybridized carbons (Fsp3) is 0.833. The van der Waals surface area contributed by atoms with Crippen LogP contribution in [0.4, 0.5) is 4.79 Å². The maximum Gasteiger partial charge on any atom is 0.332 e. The van der Waals surface area contributed by atoms with E-state index in [9.17, 15) is 4.79 Å². The van der Waals surface area contributed by atoms with Crippen molar-refractivity contribution < 1.29 is 4.79 Å². The summed E-state index contributed by atoms with van der Waals surface area (Å²) in [4.78, 5) is 10.5. The Labute approximate surface area is 96.7 Å². The molecule has 2 saturated carbocycles. The highest BCUT2D eigenvalue weighted by atomic mass is 16.2. The quantitative estimate of drug-likeness (QED) is 0.546. The third kappa shape index (κ3) is 1.43. The van der Waals surface area contributed by atoms with Crippen LogP contribution >= 0.6 is 0 Å². The van der Waals surface area contributed by atoms with Crippen molar-refractivity contribution in [2.75, 3.05) is 0 Å². The van der Waals surface area contributed by atoms with Gasteiger partial charge in [-0.3, -0.25) is 0 Å². The average molecular weight is 223 g/mol. The van der Waals surface area contributed by atoms with Crippen LogP contribution in [0.1, 0.15) is 40.0 Å². The van der Waals surface area contributed by atoms with Crippen LogP contribution in [0.2, 0.25) is 0 Å². The van der Waals surface area contributed by atoms with Crippen LogP contribution in [0.15, 0.2) is 5.10 Å². The molecule has 2 fully saturated rings. The fourth-order valence-corrected chi connectivity index (χ4v) is 3.68. The molecule has 4 nitrogen and oxygen atoms in total. The van der Waals surface area contributed by atoms with Crippen LogP contribution < -0.4 is 11.2 Å². The maximum atomic E-state index is 10.5. The predicted octanol–water partition coefficient (Wildman–Crippen LogP) is 2.10. The van der Waals surface area contributed by atoms with Gasteiger partial charge < -0.3 is 5.73 Å². The van der Waals surface area contributed by atoms with E-state index in [2.05, 4.69) is 31.3 Å². The van der Waals surface area contributed by atoms with Crippen LogP contribution in [0.5, 0.6) is 0 Å². The highest BCUT2D eigenvalue weighted by Gasteiger charge is 2.60. The number of urea groups is 1. The largest absolute Gasteiger partial charge is 0.350 e. The van der Waals surface area contributed by atoms with Gasteiger partial charge in [0, 0.05) is 12.1 Å². The minimum Gasteiger partial charge on any atom is -0.350 e. The van der Waals surface area contributed by atoms with Crippen molar-refractivity contribution in [1.82, 2.24) is 5.43 Å². The molecule has 2 aliphatic carbocycles. The third-order valence-electron chi connectivity index (χ3n) is 5.29. The Hall–Kier alpha value is -1.06. The number of rotatable bonds is 2. The highest BCUT2D eigenvalue weighted by molar-refractivity contribution is 5.73. The van der Waals surface area contributed by atoms with Gasteiger partial charge in [0.2, 0.25) is 0 Å². The first-order valence-electron chi connectivity index (χ1n) is 5.96. The minimum absolute atomic E-state index is 0.320. The Bertz CT molecular complexity index is 337. The maximum absolute atomic E-state index is 10.5. The molecule has 0 aromatic heterocycles. The summed E-state index contributed by atoms with van der Waals surface area (Å²) in [6.07, 6.45) is 5.66. The van der Waals surface area contributed by atoms with Crippen molar-refractivity contribution in [3.05, 3.63) is 0 Å². The summed E-state index contributed by atoms with van der Waals surface area (Å²) in [7, 11) is 0. The summed E-state index contributed by atoms with van der Waals surface area (Å²) >= 11 is 0. The normalized spacial score (nSPS) is 40.4. The van der Waals surface area contributed by atoms with E-state index < -0.39 is 6.03 Å². The Balaban J connectivity index is 2.10. The van der Waals surface area contributed by atoms with Crippen molar-refractivity contribution >= 4 is 12.2 Å². The number of amides is 2. The van der Waals surface area contributed by atoms with Gasteiger partial charge in [-0.15, -0.1) is 0 Å². The molecule has 0 aliphatic heterocycles. The smallest absolute Gasteiger partial charge is 0.332 e. The summed E-state index contributed by atoms with van der Waals surface area (Å²) in [5.41, 5.74) is 7.97. The van der Waals surface area contributed by atoms with E-state index in [4.69, 9.17) is 5.73 Å². The molecule has 0 saturated heterocycles. The number of carbonyl (C=O) groups excluding carboxylic acids is 1. The van der Waals surface area contributed by atoms with E-state index in [0.29, 0.717) is 16.7 Å². The standard InChI is InChI=1S/C12H21N3O/c1-11(2)8-4-5-12(11,3)9(6-8)7-14-15-10(13)16/h7-9H,4-6H2,1-3H3,(H3,13,15,16)/b14-7+/t8-,9-,12+/m0/s1. The number of carbonyl (C=O) groups is 1. The van der Waals surface area contributed by atoms with Gasteiger partial charge in [-0.1, -0.05) is 20.8 Å². The first kappa shape index (κ1) is 11.4. The number of nitrogens with zero attached hydrogens (tertiary/aromatic N) is 1. The van der Waals surface area contributed by atoms with Crippen LogP contribution in [-0.2, 0) is 0 Å². The second kappa shape index (κ2) is 3.47. The number of nitrogens with two attached hydrogens (primary N) is 1. The van der Waals surface area contributed by atoms with E-state index >= 15 is 0 Å². The van der Waals surface area contributed by atoms with Crippen LogP contribution in [0.25, 0.3) is 0 Å². The van der Waals surface area contributed by atoms with E-state index in [-0.39, 0.29) is 0 Å². The minimum atomic E-state index is -0.594. The fourth-order valence-electron chi connectivity index (χ4n) is 3.68. The number of primary amides is 1. The van der Waals surface area contributed by atoms with E-state index in [1.54, 1.807) is 0 Å². The van der Waals surface area contributed by atoms with Gasteiger partial charge in [0.1, 0.15) is 0 Å². The van der Waals surface area contributed by atoms with Gasteiger partial charge in [-0.25, -0.2) is 10.2 Å². The zero-order valence-corrected chi connectivity index (χ0v) is 10.3. The zero-order valence-electron chi connectivity index (χ0n) is 10.3. The van der Waals surface area contributed by atoms with Crippen LogP contribution in [0.3, 0.4) is 0 Å². The summed E-state index contributed by atoms with van der Waals surface area (Å²) in [6, 6.07) is -0.594. The van der Waals surface area contributed by atoms with Gasteiger partial charge >= 0.3 is 6.03 Å². The van der Waals surface area contributed by atoms with Crippen molar-refractivity contribution in [3.63, 3.8) is 0 Å². The molecule has 2 bridgehead atoms. The Morgan fingerprint density at radius 3 is 2.62 bits per heavy atom. The molecule has 0 aromatic rings. The summed E-state index contributed by atoms with van der Waals surface area (Å²) < 4.78 is 0. The van der Waals surface area contributed by atoms with Gasteiger partial charge in [0.25, 0.3) is 0 Å². The zero-order chi connectivity index (χ0) is 12.0. The first-order valence-corrected chi connectivity index (χ1v) is 5.96. The molecular weight excluding hydrogens is 202 g/mol. The number of hydrogen-bond acceptors (Lipinski definition) is 2. The third-order valence-corrected chi connectivity index (χ3v) is 5.29. The van der Waals surface area contributed by atoms with E-state index in [0.717, 1.165) is 5.92 Å². The van der Waals surface area contributed by atoms with Crippen molar-refractivity contribution in [3.8, 4) is 0 Å². The SMILES string of the molecule is CC1(C)[C@H]2CC[C@]1(C)[C@H](/C=N/NC(N)=O)C2. The lowest BCUT2D eigenvalue weighted by molar-refractivity contribution is 0.132. The molecule has 2 aliphatic rings. The molecule has 16 heavy (non-hydrogen) atoms. The number of hydrogen-bond donors (Lipinski definition) is 2. The van der Waals surface area contributed by atoms with Crippen molar-refractivity contribution in [2.24, 2.45) is 33.5 Å². The molecule has 0 aromatic carbocycles.